The lowest BCUT2D eigenvalue weighted by Gasteiger charge is -2.19. The van der Waals surface area contributed by atoms with Crippen molar-refractivity contribution in [3.63, 3.8) is 0 Å². The third-order valence-corrected chi connectivity index (χ3v) is 5.10. The summed E-state index contributed by atoms with van der Waals surface area (Å²) in [6, 6.07) is 15.1. The Morgan fingerprint density at radius 1 is 1.00 bits per heavy atom. The Hall–Kier alpha value is -1.28. The van der Waals surface area contributed by atoms with Gasteiger partial charge in [-0.25, -0.2) is 0 Å². The number of hydrogen-bond acceptors (Lipinski definition) is 1. The van der Waals surface area contributed by atoms with Crippen LogP contribution in [-0.2, 0) is 12.8 Å². The molecular formula is C18H19BrO. The molecule has 2 aromatic carbocycles. The Bertz CT molecular complexity index is 606. The fourth-order valence-corrected chi connectivity index (χ4v) is 3.63. The Labute approximate surface area is 129 Å². The molecule has 0 amide bonds. The summed E-state index contributed by atoms with van der Waals surface area (Å²) < 4.78 is 5.47. The normalized spacial score (nSPS) is 15.5. The van der Waals surface area contributed by atoms with Gasteiger partial charge in [-0.3, -0.25) is 0 Å². The molecular weight excluding hydrogens is 312 g/mol. The number of fused-ring (bicyclic) bond motifs is 1. The van der Waals surface area contributed by atoms with E-state index in [2.05, 4.69) is 46.3 Å². The number of para-hydroxylation sites is 1. The van der Waals surface area contributed by atoms with E-state index in [-0.39, 0.29) is 4.83 Å². The van der Waals surface area contributed by atoms with Gasteiger partial charge in [0.2, 0.25) is 0 Å². The number of methoxy groups -OCH3 is 1. The molecule has 0 aromatic heterocycles. The molecule has 2 heteroatoms. The van der Waals surface area contributed by atoms with Crippen LogP contribution in [0.2, 0.25) is 0 Å². The molecule has 0 saturated carbocycles. The lowest BCUT2D eigenvalue weighted by atomic mass is 9.89. The van der Waals surface area contributed by atoms with Gasteiger partial charge in [-0.1, -0.05) is 52.3 Å². The molecule has 0 radical (unpaired) electrons. The van der Waals surface area contributed by atoms with Crippen molar-refractivity contribution in [1.29, 1.82) is 0 Å². The van der Waals surface area contributed by atoms with Crippen molar-refractivity contribution in [3.05, 3.63) is 64.7 Å². The van der Waals surface area contributed by atoms with E-state index in [0.29, 0.717) is 0 Å². The number of alkyl halides is 1. The summed E-state index contributed by atoms with van der Waals surface area (Å²) in [5.41, 5.74) is 5.55. The van der Waals surface area contributed by atoms with Gasteiger partial charge in [0.1, 0.15) is 5.75 Å². The van der Waals surface area contributed by atoms with Crippen molar-refractivity contribution in [2.75, 3.05) is 7.11 Å². The molecule has 20 heavy (non-hydrogen) atoms. The minimum Gasteiger partial charge on any atom is -0.496 e. The Kier molecular flexibility index (Phi) is 4.11. The molecule has 1 nitrogen and oxygen atoms in total. The molecule has 1 unspecified atom stereocenters. The average Bonchev–Trinajstić information content (AvgIpc) is 2.53. The van der Waals surface area contributed by atoms with Crippen LogP contribution in [-0.4, -0.2) is 7.11 Å². The summed E-state index contributed by atoms with van der Waals surface area (Å²) >= 11 is 3.83. The van der Waals surface area contributed by atoms with Crippen LogP contribution >= 0.6 is 15.9 Å². The molecule has 0 bridgehead atoms. The van der Waals surface area contributed by atoms with Crippen LogP contribution in [0.15, 0.2) is 42.5 Å². The maximum absolute atomic E-state index is 5.47. The summed E-state index contributed by atoms with van der Waals surface area (Å²) in [4.78, 5) is 0.186. The van der Waals surface area contributed by atoms with Crippen LogP contribution < -0.4 is 4.74 Å². The Morgan fingerprint density at radius 2 is 1.75 bits per heavy atom. The maximum atomic E-state index is 5.47. The van der Waals surface area contributed by atoms with E-state index >= 15 is 0 Å². The third-order valence-electron chi connectivity index (χ3n) is 4.08. The topological polar surface area (TPSA) is 9.23 Å². The zero-order valence-electron chi connectivity index (χ0n) is 11.7. The monoisotopic (exact) mass is 330 g/mol. The second-order valence-electron chi connectivity index (χ2n) is 5.34. The highest BCUT2D eigenvalue weighted by Gasteiger charge is 2.17. The minimum absolute atomic E-state index is 0.186. The van der Waals surface area contributed by atoms with E-state index in [1.165, 1.54) is 47.9 Å². The van der Waals surface area contributed by atoms with Crippen molar-refractivity contribution < 1.29 is 4.74 Å². The van der Waals surface area contributed by atoms with Gasteiger partial charge < -0.3 is 4.74 Å². The highest BCUT2D eigenvalue weighted by molar-refractivity contribution is 9.09. The quantitative estimate of drug-likeness (QED) is 0.715. The highest BCUT2D eigenvalue weighted by atomic mass is 79.9. The molecule has 0 aliphatic heterocycles. The van der Waals surface area contributed by atoms with E-state index in [1.807, 2.05) is 12.1 Å². The fourth-order valence-electron chi connectivity index (χ4n) is 2.97. The number of hydrogen-bond donors (Lipinski definition) is 0. The second kappa shape index (κ2) is 6.01. The molecule has 2 aromatic rings. The van der Waals surface area contributed by atoms with Crippen molar-refractivity contribution >= 4 is 15.9 Å². The van der Waals surface area contributed by atoms with E-state index in [4.69, 9.17) is 4.74 Å². The maximum Gasteiger partial charge on any atom is 0.123 e. The molecule has 0 heterocycles. The predicted octanol–water partition coefficient (Wildman–Crippen LogP) is 5.06. The van der Waals surface area contributed by atoms with Crippen LogP contribution in [0.5, 0.6) is 5.75 Å². The number of halogens is 1. The fraction of sp³-hybridized carbons (Fsp3) is 0.333. The van der Waals surface area contributed by atoms with Gasteiger partial charge in [-0.2, -0.15) is 0 Å². The first-order valence-corrected chi connectivity index (χ1v) is 8.10. The standard InChI is InChI=1S/C18H19BrO/c1-20-17-9-5-4-8-16(17)18(19)15-11-10-13-6-2-3-7-14(13)12-15/h4-5,8-12,18H,2-3,6-7H2,1H3. The summed E-state index contributed by atoms with van der Waals surface area (Å²) in [5.74, 6) is 0.937. The van der Waals surface area contributed by atoms with Gasteiger partial charge in [0, 0.05) is 5.56 Å². The van der Waals surface area contributed by atoms with Crippen LogP contribution in [0, 0.1) is 0 Å². The minimum atomic E-state index is 0.186. The molecule has 0 N–H and O–H groups in total. The summed E-state index contributed by atoms with van der Waals surface area (Å²) in [6.07, 6.45) is 5.10. The van der Waals surface area contributed by atoms with Crippen LogP contribution in [0.25, 0.3) is 0 Å². The van der Waals surface area contributed by atoms with Gasteiger partial charge in [0.05, 0.1) is 11.9 Å². The first kappa shape index (κ1) is 13.7. The summed E-state index contributed by atoms with van der Waals surface area (Å²) in [6.45, 7) is 0. The van der Waals surface area contributed by atoms with Crippen molar-refractivity contribution in [1.82, 2.24) is 0 Å². The second-order valence-corrected chi connectivity index (χ2v) is 6.26. The Balaban J connectivity index is 1.96. The smallest absolute Gasteiger partial charge is 0.123 e. The predicted molar refractivity (Wildman–Crippen MR) is 86.8 cm³/mol. The largest absolute Gasteiger partial charge is 0.496 e. The van der Waals surface area contributed by atoms with Crippen molar-refractivity contribution in [2.45, 2.75) is 30.5 Å². The SMILES string of the molecule is COc1ccccc1C(Br)c1ccc2c(c1)CCCC2. The lowest BCUT2D eigenvalue weighted by Crippen LogP contribution is -2.04. The zero-order valence-corrected chi connectivity index (χ0v) is 13.3. The number of ether oxygens (including phenoxy) is 1. The molecule has 1 atom stereocenters. The molecule has 0 fully saturated rings. The number of aryl methyl sites for hydroxylation is 2. The van der Waals surface area contributed by atoms with Crippen molar-refractivity contribution in [2.24, 2.45) is 0 Å². The van der Waals surface area contributed by atoms with E-state index in [1.54, 1.807) is 7.11 Å². The van der Waals surface area contributed by atoms with E-state index < -0.39 is 0 Å². The van der Waals surface area contributed by atoms with Gasteiger partial charge in [-0.05, 0) is 48.4 Å². The number of benzene rings is 2. The summed E-state index contributed by atoms with van der Waals surface area (Å²) in [7, 11) is 1.73. The van der Waals surface area contributed by atoms with Crippen LogP contribution in [0.3, 0.4) is 0 Å². The third kappa shape index (κ3) is 2.62. The Morgan fingerprint density at radius 3 is 2.55 bits per heavy atom. The zero-order chi connectivity index (χ0) is 13.9. The van der Waals surface area contributed by atoms with Crippen LogP contribution in [0.4, 0.5) is 0 Å². The van der Waals surface area contributed by atoms with Gasteiger partial charge in [0.25, 0.3) is 0 Å². The van der Waals surface area contributed by atoms with E-state index in [9.17, 15) is 0 Å². The molecule has 1 aliphatic rings. The van der Waals surface area contributed by atoms with Crippen molar-refractivity contribution in [3.8, 4) is 5.75 Å². The average molecular weight is 331 g/mol. The van der Waals surface area contributed by atoms with Gasteiger partial charge in [-0.15, -0.1) is 0 Å². The first-order chi connectivity index (χ1) is 9.79. The first-order valence-electron chi connectivity index (χ1n) is 7.18. The van der Waals surface area contributed by atoms with Crippen LogP contribution in [0.1, 0.15) is 39.9 Å². The number of rotatable bonds is 3. The molecule has 104 valence electrons. The highest BCUT2D eigenvalue weighted by Crippen LogP contribution is 2.37. The molecule has 0 saturated heterocycles. The van der Waals surface area contributed by atoms with E-state index in [0.717, 1.165) is 5.75 Å². The summed E-state index contributed by atoms with van der Waals surface area (Å²) in [5, 5.41) is 0. The van der Waals surface area contributed by atoms with Gasteiger partial charge >= 0.3 is 0 Å². The van der Waals surface area contributed by atoms with Gasteiger partial charge in [0.15, 0.2) is 0 Å². The molecule has 0 spiro atoms. The molecule has 1 aliphatic carbocycles. The molecule has 3 rings (SSSR count). The lowest BCUT2D eigenvalue weighted by molar-refractivity contribution is 0.410.